The Hall–Kier alpha value is 0.130. The average Bonchev–Trinajstić information content (AvgIpc) is 2.27. The van der Waals surface area contributed by atoms with Crippen LogP contribution in [0.3, 0.4) is 0 Å². The molecule has 0 spiro atoms. The molecule has 2 rings (SSSR count). The van der Waals surface area contributed by atoms with Gasteiger partial charge in [0.25, 0.3) is 0 Å². The van der Waals surface area contributed by atoms with E-state index >= 15 is 0 Å². The van der Waals surface area contributed by atoms with Crippen molar-refractivity contribution in [3.63, 3.8) is 0 Å². The van der Waals surface area contributed by atoms with E-state index < -0.39 is 0 Å². The Bertz CT molecular complexity index is 203. The van der Waals surface area contributed by atoms with Gasteiger partial charge in [-0.15, -0.1) is 0 Å². The van der Waals surface area contributed by atoms with Gasteiger partial charge < -0.3 is 0 Å². The Labute approximate surface area is 97.4 Å². The highest BCUT2D eigenvalue weighted by atomic mass is 14.4. The second-order valence-electron chi connectivity index (χ2n) is 7.20. The first-order chi connectivity index (χ1) is 6.98. The fraction of sp³-hybridized carbons (Fsp3) is 1.00. The van der Waals surface area contributed by atoms with E-state index in [2.05, 4.69) is 29.5 Å². The molecule has 0 heterocycles. The molecule has 0 amide bonds. The Balaban J connectivity index is 2.11. The minimum atomic E-state index is 0.543. The summed E-state index contributed by atoms with van der Waals surface area (Å²) < 4.78 is 0. The molecule has 0 aromatic carbocycles. The summed E-state index contributed by atoms with van der Waals surface area (Å²) in [6.45, 7) is 4.97. The molecular formula is C13H26B2. The molecule has 0 saturated heterocycles. The Kier molecular flexibility index (Phi) is 3.24. The summed E-state index contributed by atoms with van der Waals surface area (Å²) in [5.41, 5.74) is 0. The van der Waals surface area contributed by atoms with E-state index in [4.69, 9.17) is 0 Å². The molecule has 2 saturated carbocycles. The van der Waals surface area contributed by atoms with Gasteiger partial charge in [0, 0.05) is 0 Å². The van der Waals surface area contributed by atoms with Crippen LogP contribution in [0.5, 0.6) is 0 Å². The number of hydrogen-bond donors (Lipinski definition) is 0. The van der Waals surface area contributed by atoms with Crippen LogP contribution < -0.4 is 0 Å². The number of hydrogen-bond acceptors (Lipinski definition) is 0. The van der Waals surface area contributed by atoms with E-state index in [0.29, 0.717) is 5.21 Å². The lowest BCUT2D eigenvalue weighted by Crippen LogP contribution is -2.35. The van der Waals surface area contributed by atoms with Gasteiger partial charge in [0.2, 0.25) is 0 Å². The summed E-state index contributed by atoms with van der Waals surface area (Å²) in [5, 5.41) is 0.543. The molecule has 84 valence electrons. The van der Waals surface area contributed by atoms with Gasteiger partial charge in [-0.05, 0) is 36.5 Å². The monoisotopic (exact) mass is 204 g/mol. The molecule has 0 radical (unpaired) electrons. The summed E-state index contributed by atoms with van der Waals surface area (Å²) in [4.78, 5) is 0. The first-order valence-corrected chi connectivity index (χ1v) is 6.98. The molecule has 0 N–H and O–H groups in total. The predicted molar refractivity (Wildman–Crippen MR) is 72.8 cm³/mol. The SMILES string of the molecule is BC(B)(C)C1CC2CCCCC(C1)C2C. The molecule has 2 bridgehead atoms. The molecular weight excluding hydrogens is 178 g/mol. The van der Waals surface area contributed by atoms with Crippen LogP contribution in [0.4, 0.5) is 0 Å². The Morgan fingerprint density at radius 2 is 1.47 bits per heavy atom. The summed E-state index contributed by atoms with van der Waals surface area (Å²) >= 11 is 0. The molecule has 0 nitrogen and oxygen atoms in total. The molecule has 2 atom stereocenters. The molecule has 0 aliphatic heterocycles. The molecule has 2 heteroatoms. The summed E-state index contributed by atoms with van der Waals surface area (Å²) in [5.74, 6) is 4.11. The van der Waals surface area contributed by atoms with Gasteiger partial charge >= 0.3 is 0 Å². The molecule has 2 aliphatic rings. The second-order valence-corrected chi connectivity index (χ2v) is 7.20. The van der Waals surface area contributed by atoms with E-state index in [1.165, 1.54) is 38.5 Å². The van der Waals surface area contributed by atoms with E-state index in [1.54, 1.807) is 0 Å². The zero-order chi connectivity index (χ0) is 11.1. The van der Waals surface area contributed by atoms with E-state index in [0.717, 1.165) is 23.7 Å². The van der Waals surface area contributed by atoms with Crippen LogP contribution in [0.2, 0.25) is 5.21 Å². The van der Waals surface area contributed by atoms with Gasteiger partial charge in [-0.1, -0.05) is 44.7 Å². The smallest absolute Gasteiger partial charge is 0.0845 e. The second kappa shape index (κ2) is 4.18. The van der Waals surface area contributed by atoms with Crippen LogP contribution in [0.1, 0.15) is 52.4 Å². The normalized spacial score (nSPS) is 42.3. The van der Waals surface area contributed by atoms with E-state index in [9.17, 15) is 0 Å². The lowest BCUT2D eigenvalue weighted by atomic mass is 9.45. The maximum Gasteiger partial charge on any atom is 0.0992 e. The predicted octanol–water partition coefficient (Wildman–Crippen LogP) is 2.24. The summed E-state index contributed by atoms with van der Waals surface area (Å²) in [6, 6.07) is 0. The fourth-order valence-corrected chi connectivity index (χ4v) is 3.92. The van der Waals surface area contributed by atoms with Crippen molar-refractivity contribution in [3.8, 4) is 0 Å². The largest absolute Gasteiger partial charge is 0.0992 e. The third-order valence-corrected chi connectivity index (χ3v) is 5.29. The molecule has 15 heavy (non-hydrogen) atoms. The van der Waals surface area contributed by atoms with Crippen LogP contribution >= 0.6 is 0 Å². The van der Waals surface area contributed by atoms with Gasteiger partial charge in [-0.25, -0.2) is 0 Å². The van der Waals surface area contributed by atoms with Crippen LogP contribution in [-0.4, -0.2) is 15.7 Å². The minimum Gasteiger partial charge on any atom is -0.0845 e. The zero-order valence-electron chi connectivity index (χ0n) is 11.1. The quantitative estimate of drug-likeness (QED) is 0.574. The van der Waals surface area contributed by atoms with E-state index in [-0.39, 0.29) is 0 Å². The van der Waals surface area contributed by atoms with E-state index in [1.807, 2.05) is 0 Å². The van der Waals surface area contributed by atoms with Crippen molar-refractivity contribution < 1.29 is 0 Å². The first-order valence-electron chi connectivity index (χ1n) is 6.98. The van der Waals surface area contributed by atoms with Gasteiger partial charge in [-0.2, -0.15) is 0 Å². The van der Waals surface area contributed by atoms with Crippen LogP contribution in [0.15, 0.2) is 0 Å². The van der Waals surface area contributed by atoms with Crippen molar-refractivity contribution in [2.75, 3.05) is 0 Å². The fourth-order valence-electron chi connectivity index (χ4n) is 3.92. The maximum absolute atomic E-state index is 2.53. The minimum absolute atomic E-state index is 0.543. The topological polar surface area (TPSA) is 0 Å². The van der Waals surface area contributed by atoms with Crippen molar-refractivity contribution in [3.05, 3.63) is 0 Å². The molecule has 2 aliphatic carbocycles. The first kappa shape index (κ1) is 11.6. The van der Waals surface area contributed by atoms with Gasteiger partial charge in [0.05, 0.1) is 15.7 Å². The number of fused-ring (bicyclic) bond motifs is 2. The highest BCUT2D eigenvalue weighted by molar-refractivity contribution is 6.39. The lowest BCUT2D eigenvalue weighted by molar-refractivity contribution is 0.113. The van der Waals surface area contributed by atoms with Crippen LogP contribution in [0.25, 0.3) is 0 Å². The maximum atomic E-state index is 2.53. The molecule has 2 unspecified atom stereocenters. The van der Waals surface area contributed by atoms with Gasteiger partial charge in [-0.3, -0.25) is 0 Å². The van der Waals surface area contributed by atoms with Gasteiger partial charge in [0.15, 0.2) is 0 Å². The van der Waals surface area contributed by atoms with Crippen LogP contribution in [-0.2, 0) is 0 Å². The number of rotatable bonds is 1. The standard InChI is InChI=1S/C13H26B2/c1-9-10-5-3-4-6-11(9)8-12(7-10)13(2,14)15/h9-12H,3-8,14-15H2,1-2H3. The highest BCUT2D eigenvalue weighted by Crippen LogP contribution is 2.50. The van der Waals surface area contributed by atoms with Gasteiger partial charge in [0.1, 0.15) is 0 Å². The average molecular weight is 204 g/mol. The lowest BCUT2D eigenvalue weighted by Gasteiger charge is -2.44. The van der Waals surface area contributed by atoms with Crippen molar-refractivity contribution >= 4 is 15.7 Å². The van der Waals surface area contributed by atoms with Crippen molar-refractivity contribution in [2.24, 2.45) is 23.7 Å². The summed E-state index contributed by atoms with van der Waals surface area (Å²) in [7, 11) is 4.89. The third kappa shape index (κ3) is 2.45. The molecule has 0 aromatic heterocycles. The highest BCUT2D eigenvalue weighted by Gasteiger charge is 2.39. The zero-order valence-corrected chi connectivity index (χ0v) is 11.1. The molecule has 0 aromatic rings. The third-order valence-electron chi connectivity index (χ3n) is 5.29. The van der Waals surface area contributed by atoms with Crippen molar-refractivity contribution in [1.82, 2.24) is 0 Å². The Morgan fingerprint density at radius 1 is 1.00 bits per heavy atom. The van der Waals surface area contributed by atoms with Crippen molar-refractivity contribution in [1.29, 1.82) is 0 Å². The Morgan fingerprint density at radius 3 is 1.87 bits per heavy atom. The van der Waals surface area contributed by atoms with Crippen molar-refractivity contribution in [2.45, 2.75) is 57.6 Å². The van der Waals surface area contributed by atoms with Crippen LogP contribution in [0, 0.1) is 23.7 Å². The molecule has 2 fully saturated rings. The summed E-state index contributed by atoms with van der Waals surface area (Å²) in [6.07, 6.45) is 9.07.